The number of aryl methyl sites for hydroxylation is 1. The number of anilines is 1. The second-order valence-electron chi connectivity index (χ2n) is 3.79. The van der Waals surface area contributed by atoms with Crippen molar-refractivity contribution in [3.8, 4) is 0 Å². The molecule has 2 aromatic heterocycles. The quantitative estimate of drug-likeness (QED) is 0.707. The Morgan fingerprint density at radius 1 is 1.50 bits per heavy atom. The lowest BCUT2D eigenvalue weighted by Crippen LogP contribution is -2.05. The summed E-state index contributed by atoms with van der Waals surface area (Å²) in [5.74, 6) is -0.795. The molecule has 2 heterocycles. The van der Waals surface area contributed by atoms with Crippen molar-refractivity contribution in [3.63, 3.8) is 0 Å². The Labute approximate surface area is 108 Å². The summed E-state index contributed by atoms with van der Waals surface area (Å²) in [5, 5.41) is 14.5. The number of carboxylic acids is 1. The molecule has 6 nitrogen and oxygen atoms in total. The lowest BCUT2D eigenvalue weighted by atomic mass is 10.2. The number of nitrogens with zero attached hydrogens (tertiary/aromatic N) is 2. The molecule has 0 aliphatic rings. The van der Waals surface area contributed by atoms with E-state index in [2.05, 4.69) is 20.3 Å². The first-order valence-electron chi connectivity index (χ1n) is 5.61. The van der Waals surface area contributed by atoms with Gasteiger partial charge in [0.25, 0.3) is 0 Å². The van der Waals surface area contributed by atoms with E-state index in [4.69, 9.17) is 5.11 Å². The monoisotopic (exact) mass is 266 g/mol. The number of nitrogens with one attached hydrogen (secondary N) is 2. The van der Waals surface area contributed by atoms with Gasteiger partial charge in [-0.05, 0) is 0 Å². The van der Waals surface area contributed by atoms with Crippen LogP contribution in [0.25, 0.3) is 0 Å². The van der Waals surface area contributed by atoms with E-state index in [1.54, 1.807) is 12.5 Å². The summed E-state index contributed by atoms with van der Waals surface area (Å²) in [6.45, 7) is 0.772. The zero-order chi connectivity index (χ0) is 12.8. The van der Waals surface area contributed by atoms with Gasteiger partial charge in [0.1, 0.15) is 0 Å². The number of carbonyl (C=O) groups is 1. The molecule has 2 rings (SSSR count). The smallest absolute Gasteiger partial charge is 0.303 e. The van der Waals surface area contributed by atoms with Gasteiger partial charge in [0.05, 0.1) is 18.4 Å². The van der Waals surface area contributed by atoms with Crippen molar-refractivity contribution in [2.75, 3.05) is 11.9 Å². The number of hydrogen-bond acceptors (Lipinski definition) is 5. The van der Waals surface area contributed by atoms with Gasteiger partial charge in [-0.25, -0.2) is 9.97 Å². The average molecular weight is 266 g/mol. The summed E-state index contributed by atoms with van der Waals surface area (Å²) in [6, 6.07) is 0. The molecule has 0 aliphatic heterocycles. The highest BCUT2D eigenvalue weighted by atomic mass is 32.1. The highest BCUT2D eigenvalue weighted by molar-refractivity contribution is 7.13. The van der Waals surface area contributed by atoms with Crippen LogP contribution in [0.3, 0.4) is 0 Å². The largest absolute Gasteiger partial charge is 0.481 e. The summed E-state index contributed by atoms with van der Waals surface area (Å²) in [4.78, 5) is 21.7. The Morgan fingerprint density at radius 2 is 2.39 bits per heavy atom. The third kappa shape index (κ3) is 3.85. The van der Waals surface area contributed by atoms with E-state index in [1.807, 2.05) is 5.38 Å². The van der Waals surface area contributed by atoms with Gasteiger partial charge < -0.3 is 15.4 Å². The molecule has 0 atom stereocenters. The number of rotatable bonds is 7. The Morgan fingerprint density at radius 3 is 3.11 bits per heavy atom. The summed E-state index contributed by atoms with van der Waals surface area (Å²) in [6.07, 6.45) is 4.90. The summed E-state index contributed by atoms with van der Waals surface area (Å²) >= 11 is 1.50. The van der Waals surface area contributed by atoms with Gasteiger partial charge in [0.15, 0.2) is 5.13 Å². The standard InChI is InChI=1S/C11H14N4O2S/c16-10(17)2-1-9-6-18-11(15-9)13-4-3-8-5-12-7-14-8/h5-7H,1-4H2,(H,12,14)(H,13,15)(H,16,17). The molecule has 0 aliphatic carbocycles. The predicted molar refractivity (Wildman–Crippen MR) is 68.9 cm³/mol. The first kappa shape index (κ1) is 12.6. The van der Waals surface area contributed by atoms with Crippen molar-refractivity contribution in [2.24, 2.45) is 0 Å². The molecule has 0 radical (unpaired) electrons. The normalized spacial score (nSPS) is 10.4. The van der Waals surface area contributed by atoms with Gasteiger partial charge in [-0.15, -0.1) is 11.3 Å². The molecule has 2 aromatic rings. The van der Waals surface area contributed by atoms with Crippen molar-refractivity contribution in [2.45, 2.75) is 19.3 Å². The number of aliphatic carboxylic acids is 1. The molecule has 0 saturated heterocycles. The summed E-state index contributed by atoms with van der Waals surface area (Å²) in [7, 11) is 0. The minimum absolute atomic E-state index is 0.122. The maximum Gasteiger partial charge on any atom is 0.303 e. The number of aromatic amines is 1. The third-order valence-corrected chi connectivity index (χ3v) is 3.22. The van der Waals surface area contributed by atoms with E-state index in [0.29, 0.717) is 6.42 Å². The Bertz CT molecular complexity index is 495. The molecule has 0 spiro atoms. The van der Waals surface area contributed by atoms with Crippen molar-refractivity contribution < 1.29 is 9.90 Å². The number of imidazole rings is 1. The van der Waals surface area contributed by atoms with Crippen molar-refractivity contribution in [1.82, 2.24) is 15.0 Å². The van der Waals surface area contributed by atoms with Gasteiger partial charge in [0.2, 0.25) is 0 Å². The Kier molecular flexibility index (Phi) is 4.30. The van der Waals surface area contributed by atoms with Crippen LogP contribution in [-0.2, 0) is 17.6 Å². The molecule has 3 N–H and O–H groups in total. The minimum Gasteiger partial charge on any atom is -0.481 e. The molecule has 7 heteroatoms. The molecule has 0 bridgehead atoms. The molecule has 0 saturated carbocycles. The van der Waals surface area contributed by atoms with Gasteiger partial charge in [-0.1, -0.05) is 0 Å². The first-order chi connectivity index (χ1) is 8.74. The van der Waals surface area contributed by atoms with Gasteiger partial charge in [-0.2, -0.15) is 0 Å². The van der Waals surface area contributed by atoms with Crippen LogP contribution in [0.4, 0.5) is 5.13 Å². The Hall–Kier alpha value is -1.89. The lowest BCUT2D eigenvalue weighted by molar-refractivity contribution is -0.136. The van der Waals surface area contributed by atoms with Crippen molar-refractivity contribution in [1.29, 1.82) is 0 Å². The third-order valence-electron chi connectivity index (χ3n) is 2.37. The highest BCUT2D eigenvalue weighted by Gasteiger charge is 2.04. The SMILES string of the molecule is O=C(O)CCc1csc(NCCc2cnc[nH]2)n1. The molecular formula is C11H14N4O2S. The number of aromatic nitrogens is 3. The van der Waals surface area contributed by atoms with Crippen LogP contribution in [0.1, 0.15) is 17.8 Å². The molecule has 0 amide bonds. The fraction of sp³-hybridized carbons (Fsp3) is 0.364. The van der Waals surface area contributed by atoms with Crippen LogP contribution in [0.5, 0.6) is 0 Å². The van der Waals surface area contributed by atoms with Crippen molar-refractivity contribution >= 4 is 22.4 Å². The van der Waals surface area contributed by atoms with Crippen molar-refractivity contribution in [3.05, 3.63) is 29.3 Å². The minimum atomic E-state index is -0.795. The van der Waals surface area contributed by atoms with Crippen LogP contribution >= 0.6 is 11.3 Å². The van der Waals surface area contributed by atoms with Crippen LogP contribution < -0.4 is 5.32 Å². The van der Waals surface area contributed by atoms with E-state index >= 15 is 0 Å². The summed E-state index contributed by atoms with van der Waals surface area (Å²) < 4.78 is 0. The highest BCUT2D eigenvalue weighted by Crippen LogP contribution is 2.16. The first-order valence-corrected chi connectivity index (χ1v) is 6.49. The number of carboxylic acid groups (broad SMARTS) is 1. The zero-order valence-electron chi connectivity index (χ0n) is 9.72. The van der Waals surface area contributed by atoms with Gasteiger partial charge >= 0.3 is 5.97 Å². The fourth-order valence-electron chi connectivity index (χ4n) is 1.46. The van der Waals surface area contributed by atoms with E-state index in [1.165, 1.54) is 11.3 Å². The maximum absolute atomic E-state index is 10.4. The second-order valence-corrected chi connectivity index (χ2v) is 4.65. The lowest BCUT2D eigenvalue weighted by Gasteiger charge is -2.00. The average Bonchev–Trinajstić information content (AvgIpc) is 2.97. The van der Waals surface area contributed by atoms with Crippen LogP contribution in [0.15, 0.2) is 17.9 Å². The second kappa shape index (κ2) is 6.15. The summed E-state index contributed by atoms with van der Waals surface area (Å²) in [5.41, 5.74) is 1.90. The van der Waals surface area contributed by atoms with E-state index in [0.717, 1.165) is 29.5 Å². The van der Waals surface area contributed by atoms with Crippen LogP contribution in [0, 0.1) is 0 Å². The predicted octanol–water partition coefficient (Wildman–Crippen LogP) is 1.54. The fourth-order valence-corrected chi connectivity index (χ4v) is 2.24. The number of hydrogen-bond donors (Lipinski definition) is 3. The maximum atomic E-state index is 10.4. The molecule has 0 fully saturated rings. The zero-order valence-corrected chi connectivity index (χ0v) is 10.5. The molecule has 0 aromatic carbocycles. The van der Waals surface area contributed by atoms with Crippen LogP contribution in [0.2, 0.25) is 0 Å². The van der Waals surface area contributed by atoms with E-state index in [9.17, 15) is 4.79 Å². The van der Waals surface area contributed by atoms with Gasteiger partial charge in [0, 0.05) is 36.7 Å². The number of H-pyrrole nitrogens is 1. The topological polar surface area (TPSA) is 90.9 Å². The molecule has 18 heavy (non-hydrogen) atoms. The molecule has 0 unspecified atom stereocenters. The molecular weight excluding hydrogens is 252 g/mol. The Balaban J connectivity index is 1.74. The molecule has 96 valence electrons. The van der Waals surface area contributed by atoms with E-state index < -0.39 is 5.97 Å². The van der Waals surface area contributed by atoms with E-state index in [-0.39, 0.29) is 6.42 Å². The van der Waals surface area contributed by atoms with Crippen LogP contribution in [-0.4, -0.2) is 32.6 Å². The van der Waals surface area contributed by atoms with Gasteiger partial charge in [-0.3, -0.25) is 4.79 Å². The number of thiazole rings is 1.